The predicted molar refractivity (Wildman–Crippen MR) is 102 cm³/mol. The summed E-state index contributed by atoms with van der Waals surface area (Å²) in [5.74, 6) is -0.444. The van der Waals surface area contributed by atoms with Crippen molar-refractivity contribution >= 4 is 42.8 Å². The summed E-state index contributed by atoms with van der Waals surface area (Å²) in [6.07, 6.45) is 0.192. The second-order valence-corrected chi connectivity index (χ2v) is 15.0. The van der Waals surface area contributed by atoms with Gasteiger partial charge in [-0.05, 0) is 23.0 Å². The Kier molecular flexibility index (Phi) is 4.61. The van der Waals surface area contributed by atoms with Gasteiger partial charge in [0.1, 0.15) is 9.84 Å². The van der Waals surface area contributed by atoms with Crippen molar-refractivity contribution in [1.82, 2.24) is 4.90 Å². The molecule has 7 heteroatoms. The first-order chi connectivity index (χ1) is 11.1. The Balaban J connectivity index is 2.12. The molecule has 0 aromatic carbocycles. The van der Waals surface area contributed by atoms with Crippen LogP contribution in [-0.2, 0) is 18.8 Å². The third kappa shape index (κ3) is 2.12. The third-order valence-corrected chi connectivity index (χ3v) is 13.6. The molecule has 0 aromatic rings. The fourth-order valence-corrected chi connectivity index (χ4v) is 12.0. The minimum absolute atomic E-state index is 0.0646. The van der Waals surface area contributed by atoms with Gasteiger partial charge in [-0.3, -0.25) is 9.59 Å². The van der Waals surface area contributed by atoms with Gasteiger partial charge in [0.05, 0.1) is 0 Å². The number of rotatable bonds is 5. The number of carbonyl (C=O) groups is 2. The van der Waals surface area contributed by atoms with Gasteiger partial charge in [-0.2, -0.15) is 0 Å². The molecule has 0 N–H and O–H groups in total. The van der Waals surface area contributed by atoms with E-state index in [2.05, 4.69) is 64.1 Å². The first-order valence-corrected chi connectivity index (χ1v) is 12.4. The quantitative estimate of drug-likeness (QED) is 0.270. The Morgan fingerprint density at radius 3 is 2.21 bits per heavy atom. The summed E-state index contributed by atoms with van der Waals surface area (Å²) >= 11 is 2.12. The second kappa shape index (κ2) is 5.94. The molecule has 24 heavy (non-hydrogen) atoms. The van der Waals surface area contributed by atoms with Crippen molar-refractivity contribution < 1.29 is 18.8 Å². The van der Waals surface area contributed by atoms with E-state index in [1.54, 1.807) is 0 Å². The minimum atomic E-state index is -2.25. The number of hydrogen-bond acceptors (Lipinski definition) is 4. The van der Waals surface area contributed by atoms with Crippen LogP contribution < -0.4 is 0 Å². The minimum Gasteiger partial charge on any atom is -0.455 e. The van der Waals surface area contributed by atoms with Gasteiger partial charge in [0.2, 0.25) is 14.2 Å². The van der Waals surface area contributed by atoms with Crippen LogP contribution >= 0.6 is 22.6 Å². The van der Waals surface area contributed by atoms with Crippen LogP contribution in [0.15, 0.2) is 0 Å². The van der Waals surface area contributed by atoms with Gasteiger partial charge in [-0.1, -0.05) is 64.1 Å². The van der Waals surface area contributed by atoms with Crippen LogP contribution in [0.1, 0.15) is 48.0 Å². The van der Waals surface area contributed by atoms with E-state index in [1.165, 1.54) is 0 Å². The van der Waals surface area contributed by atoms with Crippen molar-refractivity contribution in [3.05, 3.63) is 0 Å². The van der Waals surface area contributed by atoms with Gasteiger partial charge in [-0.25, -0.2) is 0 Å². The molecule has 3 saturated heterocycles. The predicted octanol–water partition coefficient (Wildman–Crippen LogP) is 3.47. The van der Waals surface area contributed by atoms with Gasteiger partial charge in [0, 0.05) is 6.54 Å². The zero-order chi connectivity index (χ0) is 18.0. The van der Waals surface area contributed by atoms with Crippen LogP contribution in [0.25, 0.3) is 0 Å². The maximum Gasteiger partial charge on any atom is 0.314 e. The maximum atomic E-state index is 12.7. The molecule has 0 bridgehead atoms. The molecule has 0 aliphatic carbocycles. The lowest BCUT2D eigenvalue weighted by atomic mass is 9.96. The van der Waals surface area contributed by atoms with Gasteiger partial charge in [0.15, 0.2) is 11.8 Å². The van der Waals surface area contributed by atoms with E-state index in [0.717, 1.165) is 0 Å². The van der Waals surface area contributed by atoms with Crippen LogP contribution in [0.2, 0.25) is 16.6 Å². The van der Waals surface area contributed by atoms with Crippen LogP contribution in [0.3, 0.4) is 0 Å². The first kappa shape index (κ1) is 18.6. The standard InChI is InChI=1S/C17H28INO4Si/c1-9(2)24(10(3)4,11(5)6)23-17-12-7-8-19(17)15(20)13(18)14(17)22-16(12)21/h9-14H,7-8H2,1-6H3/t12-,13-,14-,17+/m0/s1. The van der Waals surface area contributed by atoms with Crippen molar-refractivity contribution in [1.29, 1.82) is 0 Å². The fourth-order valence-electron chi connectivity index (χ4n) is 5.41. The molecule has 4 atom stereocenters. The van der Waals surface area contributed by atoms with E-state index < -0.39 is 20.1 Å². The lowest BCUT2D eigenvalue weighted by molar-refractivity contribution is -0.144. The zero-order valence-corrected chi connectivity index (χ0v) is 18.5. The molecule has 3 heterocycles. The highest BCUT2D eigenvalue weighted by molar-refractivity contribution is 14.1. The van der Waals surface area contributed by atoms with E-state index in [0.29, 0.717) is 29.6 Å². The summed E-state index contributed by atoms with van der Waals surface area (Å²) < 4.78 is 12.4. The highest BCUT2D eigenvalue weighted by atomic mass is 127. The van der Waals surface area contributed by atoms with E-state index in [9.17, 15) is 9.59 Å². The molecule has 3 rings (SSSR count). The summed E-state index contributed by atoms with van der Waals surface area (Å²) in [6.45, 7) is 14.0. The number of halogens is 1. The number of alkyl halides is 1. The number of nitrogens with zero attached hydrogens (tertiary/aromatic N) is 1. The molecule has 0 radical (unpaired) electrons. The van der Waals surface area contributed by atoms with Crippen LogP contribution in [0.4, 0.5) is 0 Å². The molecule has 3 aliphatic heterocycles. The van der Waals surface area contributed by atoms with E-state index >= 15 is 0 Å². The molecule has 0 spiro atoms. The molecular formula is C17H28INO4Si. The number of ether oxygens (including phenoxy) is 1. The maximum absolute atomic E-state index is 12.7. The summed E-state index contributed by atoms with van der Waals surface area (Å²) in [6, 6.07) is 0. The Morgan fingerprint density at radius 2 is 1.71 bits per heavy atom. The highest BCUT2D eigenvalue weighted by Gasteiger charge is 2.75. The fraction of sp³-hybridized carbons (Fsp3) is 0.882. The van der Waals surface area contributed by atoms with Crippen LogP contribution in [0, 0.1) is 5.92 Å². The zero-order valence-electron chi connectivity index (χ0n) is 15.3. The van der Waals surface area contributed by atoms with Crippen molar-refractivity contribution in [3.8, 4) is 0 Å². The van der Waals surface area contributed by atoms with Crippen molar-refractivity contribution in [2.75, 3.05) is 6.54 Å². The molecule has 3 aliphatic rings. The monoisotopic (exact) mass is 465 g/mol. The number of carbonyl (C=O) groups excluding carboxylic acids is 2. The lowest BCUT2D eigenvalue weighted by Gasteiger charge is -2.49. The van der Waals surface area contributed by atoms with Gasteiger partial charge in [0.25, 0.3) is 0 Å². The highest BCUT2D eigenvalue weighted by Crippen LogP contribution is 2.57. The Morgan fingerprint density at radius 1 is 1.17 bits per heavy atom. The Labute approximate surface area is 159 Å². The molecule has 0 unspecified atom stereocenters. The topological polar surface area (TPSA) is 55.8 Å². The first-order valence-electron chi connectivity index (χ1n) is 8.96. The normalized spacial score (nSPS) is 35.6. The largest absolute Gasteiger partial charge is 0.455 e. The number of hydrogen-bond donors (Lipinski definition) is 0. The van der Waals surface area contributed by atoms with Gasteiger partial charge < -0.3 is 14.1 Å². The van der Waals surface area contributed by atoms with Crippen LogP contribution in [0.5, 0.6) is 0 Å². The van der Waals surface area contributed by atoms with Gasteiger partial charge >= 0.3 is 5.97 Å². The Hall–Kier alpha value is -0.153. The molecular weight excluding hydrogens is 437 g/mol. The van der Waals surface area contributed by atoms with E-state index in [4.69, 9.17) is 9.16 Å². The summed E-state index contributed by atoms with van der Waals surface area (Å²) in [4.78, 5) is 27.0. The smallest absolute Gasteiger partial charge is 0.314 e. The lowest BCUT2D eigenvalue weighted by Crippen LogP contribution is -2.61. The SMILES string of the molecule is CC(C)[Si](O[C@@]12[C@H]3CCN1C(=O)[C@@H](I)[C@@H]2OC3=O)(C(C)C)C(C)C. The Bertz CT molecular complexity index is 545. The number of esters is 1. The summed E-state index contributed by atoms with van der Waals surface area (Å²) in [5, 5.41) is 0. The van der Waals surface area contributed by atoms with Crippen molar-refractivity contribution in [2.24, 2.45) is 5.92 Å². The van der Waals surface area contributed by atoms with Crippen LogP contribution in [-0.4, -0.2) is 47.4 Å². The molecule has 5 nitrogen and oxygen atoms in total. The van der Waals surface area contributed by atoms with E-state index in [1.807, 2.05) is 4.90 Å². The molecule has 1 amide bonds. The average Bonchev–Trinajstić information content (AvgIpc) is 3.04. The second-order valence-electron chi connectivity index (χ2n) is 8.26. The van der Waals surface area contributed by atoms with Crippen molar-refractivity contribution in [3.63, 3.8) is 0 Å². The molecule has 0 aromatic heterocycles. The molecule has 3 fully saturated rings. The van der Waals surface area contributed by atoms with E-state index in [-0.39, 0.29) is 21.7 Å². The summed E-state index contributed by atoms with van der Waals surface area (Å²) in [7, 11) is -2.25. The number of amides is 1. The van der Waals surface area contributed by atoms with Crippen molar-refractivity contribution in [2.45, 2.75) is 80.3 Å². The van der Waals surface area contributed by atoms with Gasteiger partial charge in [-0.15, -0.1) is 0 Å². The summed E-state index contributed by atoms with van der Waals surface area (Å²) in [5.41, 5.74) is 0.331. The molecule has 0 saturated carbocycles. The third-order valence-electron chi connectivity index (χ3n) is 6.31. The average molecular weight is 465 g/mol. The molecule has 136 valence electrons.